The van der Waals surface area contributed by atoms with Gasteiger partial charge in [0.1, 0.15) is 18.2 Å². The summed E-state index contributed by atoms with van der Waals surface area (Å²) in [6, 6.07) is 17.3. The second-order valence-corrected chi connectivity index (χ2v) is 11.5. The predicted molar refractivity (Wildman–Crippen MR) is 179 cm³/mol. The summed E-state index contributed by atoms with van der Waals surface area (Å²) in [5.74, 6) is 0.449. The number of methoxy groups -OCH3 is 1. The second kappa shape index (κ2) is 18.6. The molecule has 0 bridgehead atoms. The summed E-state index contributed by atoms with van der Waals surface area (Å²) in [5.41, 5.74) is 1.32. The van der Waals surface area contributed by atoms with E-state index >= 15 is 0 Å². The number of likely N-dealkylation sites (N-methyl/N-ethyl adjacent to an activating group) is 1. The van der Waals surface area contributed by atoms with Crippen molar-refractivity contribution in [2.24, 2.45) is 0 Å². The van der Waals surface area contributed by atoms with Gasteiger partial charge >= 0.3 is 12.1 Å². The Kier molecular flexibility index (Phi) is 13.8. The highest BCUT2D eigenvalue weighted by atomic mass is 32.2. The fourth-order valence-corrected chi connectivity index (χ4v) is 5.38. The van der Waals surface area contributed by atoms with E-state index in [1.54, 1.807) is 18.3 Å². The van der Waals surface area contributed by atoms with Crippen molar-refractivity contribution in [1.29, 1.82) is 0 Å². The van der Waals surface area contributed by atoms with Crippen LogP contribution < -0.4 is 19.1 Å². The highest BCUT2D eigenvalue weighted by Gasteiger charge is 2.40. The molecule has 3 aromatic rings. The summed E-state index contributed by atoms with van der Waals surface area (Å²) < 4.78 is 26.3. The van der Waals surface area contributed by atoms with Crippen molar-refractivity contribution in [3.05, 3.63) is 94.2 Å². The van der Waals surface area contributed by atoms with Crippen LogP contribution >= 0.6 is 11.8 Å². The maximum atomic E-state index is 13.0. The summed E-state index contributed by atoms with van der Waals surface area (Å²) in [6.07, 6.45) is 3.55. The molecule has 264 valence electrons. The van der Waals surface area contributed by atoms with E-state index in [2.05, 4.69) is 9.82 Å². The Hall–Kier alpha value is -5.84. The first-order valence-corrected chi connectivity index (χ1v) is 16.0. The number of rotatable bonds is 18. The van der Waals surface area contributed by atoms with Gasteiger partial charge < -0.3 is 33.4 Å². The Morgan fingerprint density at radius 1 is 1.04 bits per heavy atom. The highest BCUT2D eigenvalue weighted by Crippen LogP contribution is 2.31. The van der Waals surface area contributed by atoms with Crippen molar-refractivity contribution < 1.29 is 52.8 Å². The summed E-state index contributed by atoms with van der Waals surface area (Å²) in [5, 5.41) is 7.93. The van der Waals surface area contributed by atoms with E-state index in [0.717, 1.165) is 34.1 Å². The van der Waals surface area contributed by atoms with E-state index < -0.39 is 40.3 Å². The number of ether oxygens (including phenoxy) is 5. The van der Waals surface area contributed by atoms with E-state index in [-0.39, 0.29) is 37.6 Å². The van der Waals surface area contributed by atoms with Gasteiger partial charge in [-0.3, -0.25) is 9.59 Å². The second-order valence-electron chi connectivity index (χ2n) is 10.4. The molecule has 0 spiro atoms. The molecule has 0 saturated carbocycles. The minimum absolute atomic E-state index is 0.0120. The first kappa shape index (κ1) is 37.0. The Labute approximate surface area is 290 Å². The third-order valence-corrected chi connectivity index (χ3v) is 7.99. The SMILES string of the molecule is COc1cc(/C=C/C(=O)OCCCO[N+](=O)[O-])ccc1OC(=O)OCN1C(=O)SC(Cc2ccc(OCCN(C)c3ccccn3)cc2)C1=O. The van der Waals surface area contributed by atoms with Crippen LogP contribution in [0.1, 0.15) is 17.5 Å². The minimum atomic E-state index is -1.17. The highest BCUT2D eigenvalue weighted by molar-refractivity contribution is 8.15. The molecule has 2 aromatic carbocycles. The molecule has 0 aliphatic carbocycles. The lowest BCUT2D eigenvalue weighted by molar-refractivity contribution is -0.757. The molecule has 1 aliphatic rings. The van der Waals surface area contributed by atoms with Crippen LogP contribution in [0.2, 0.25) is 0 Å². The third-order valence-electron chi connectivity index (χ3n) is 6.92. The average Bonchev–Trinajstić information content (AvgIpc) is 3.38. The predicted octanol–water partition coefficient (Wildman–Crippen LogP) is 4.54. The molecule has 17 heteroatoms. The third kappa shape index (κ3) is 11.4. The standard InChI is InChI=1S/C33H34N4O12S/c1-35(29-6-3-4-15-34-29)16-19-45-25-11-7-24(8-12-25)21-28-31(39)36(32(40)50-28)22-47-33(41)49-26-13-9-23(20-27(26)44-2)10-14-30(38)46-17-5-18-48-37(42)43/h3-4,6-15,20,28H,5,16-19,21-22H2,1-2H3/b14-10+. The van der Waals surface area contributed by atoms with Crippen LogP contribution in [0.25, 0.3) is 6.08 Å². The van der Waals surface area contributed by atoms with Crippen molar-refractivity contribution in [2.45, 2.75) is 18.1 Å². The van der Waals surface area contributed by atoms with Gasteiger partial charge in [0.25, 0.3) is 10.3 Å². The maximum Gasteiger partial charge on any atom is 0.515 e. The normalized spacial score (nSPS) is 14.0. The first-order valence-electron chi connectivity index (χ1n) is 15.1. The van der Waals surface area contributed by atoms with E-state index in [1.807, 2.05) is 42.3 Å². The van der Waals surface area contributed by atoms with Crippen molar-refractivity contribution >= 4 is 46.9 Å². The summed E-state index contributed by atoms with van der Waals surface area (Å²) in [4.78, 5) is 71.2. The van der Waals surface area contributed by atoms with Crippen LogP contribution in [0.5, 0.6) is 17.2 Å². The number of esters is 1. The van der Waals surface area contributed by atoms with Gasteiger partial charge in [-0.2, -0.15) is 0 Å². The zero-order valence-electron chi connectivity index (χ0n) is 27.1. The largest absolute Gasteiger partial charge is 0.515 e. The Bertz CT molecular complexity index is 1670. The number of carbonyl (C=O) groups excluding carboxylic acids is 4. The number of nitrogens with zero attached hydrogens (tertiary/aromatic N) is 4. The van der Waals surface area contributed by atoms with Gasteiger partial charge in [0, 0.05) is 25.7 Å². The van der Waals surface area contributed by atoms with E-state index in [0.29, 0.717) is 24.5 Å². The number of hydrogen-bond acceptors (Lipinski definition) is 15. The fraction of sp³-hybridized carbons (Fsp3) is 0.303. The van der Waals surface area contributed by atoms with Crippen LogP contribution in [0.15, 0.2) is 72.9 Å². The van der Waals surface area contributed by atoms with E-state index in [1.165, 1.54) is 31.4 Å². The van der Waals surface area contributed by atoms with Gasteiger partial charge in [-0.25, -0.2) is 19.5 Å². The maximum absolute atomic E-state index is 13.0. The molecule has 0 radical (unpaired) electrons. The lowest BCUT2D eigenvalue weighted by Crippen LogP contribution is -2.35. The van der Waals surface area contributed by atoms with Crippen molar-refractivity contribution in [1.82, 2.24) is 9.88 Å². The molecule has 1 atom stereocenters. The van der Waals surface area contributed by atoms with Gasteiger partial charge in [-0.1, -0.05) is 36.0 Å². The zero-order chi connectivity index (χ0) is 35.9. The van der Waals surface area contributed by atoms with E-state index in [4.69, 9.17) is 23.7 Å². The molecular weight excluding hydrogens is 676 g/mol. The van der Waals surface area contributed by atoms with Gasteiger partial charge in [0.05, 0.1) is 32.1 Å². The quantitative estimate of drug-likeness (QED) is 0.0447. The summed E-state index contributed by atoms with van der Waals surface area (Å²) >= 11 is 0.846. The van der Waals surface area contributed by atoms with Crippen LogP contribution in [0.3, 0.4) is 0 Å². The van der Waals surface area contributed by atoms with Gasteiger partial charge in [0.2, 0.25) is 5.91 Å². The molecule has 1 unspecified atom stereocenters. The molecule has 50 heavy (non-hydrogen) atoms. The molecule has 4 rings (SSSR count). The smallest absolute Gasteiger partial charge is 0.493 e. The van der Waals surface area contributed by atoms with Gasteiger partial charge in [-0.05, 0) is 60.0 Å². The molecule has 1 aromatic heterocycles. The summed E-state index contributed by atoms with van der Waals surface area (Å²) in [7, 11) is 3.27. The molecule has 2 amide bonds. The van der Waals surface area contributed by atoms with Gasteiger partial charge in [-0.15, -0.1) is 10.1 Å². The van der Waals surface area contributed by atoms with Crippen LogP contribution in [-0.4, -0.2) is 90.7 Å². The molecule has 2 heterocycles. The topological polar surface area (TPSA) is 186 Å². The zero-order valence-corrected chi connectivity index (χ0v) is 27.9. The number of carbonyl (C=O) groups is 4. The average molecular weight is 711 g/mol. The van der Waals surface area contributed by atoms with E-state index in [9.17, 15) is 29.3 Å². The van der Waals surface area contributed by atoms with Crippen LogP contribution in [-0.2, 0) is 30.3 Å². The number of thioether (sulfide) groups is 1. The van der Waals surface area contributed by atoms with Crippen molar-refractivity contribution in [3.63, 3.8) is 0 Å². The fourth-order valence-electron chi connectivity index (χ4n) is 4.37. The van der Waals surface area contributed by atoms with Crippen molar-refractivity contribution in [2.75, 3.05) is 52.2 Å². The summed E-state index contributed by atoms with van der Waals surface area (Å²) in [6.45, 7) is 0.172. The Morgan fingerprint density at radius 3 is 2.56 bits per heavy atom. The lowest BCUT2D eigenvalue weighted by atomic mass is 10.1. The minimum Gasteiger partial charge on any atom is -0.493 e. The molecule has 1 aliphatic heterocycles. The first-order chi connectivity index (χ1) is 24.1. The Balaban J connectivity index is 1.20. The molecule has 0 N–H and O–H groups in total. The number of benzene rings is 2. The number of hydrogen-bond donors (Lipinski definition) is 0. The molecule has 16 nitrogen and oxygen atoms in total. The van der Waals surface area contributed by atoms with Crippen LogP contribution in [0.4, 0.5) is 15.4 Å². The van der Waals surface area contributed by atoms with Crippen molar-refractivity contribution in [3.8, 4) is 17.2 Å². The number of aromatic nitrogens is 1. The number of anilines is 1. The number of imide groups is 1. The number of pyridine rings is 1. The lowest BCUT2D eigenvalue weighted by Gasteiger charge is -2.18. The molecule has 1 fully saturated rings. The molecule has 1 saturated heterocycles. The molecular formula is C33H34N4O12S. The monoisotopic (exact) mass is 710 g/mol. The Morgan fingerprint density at radius 2 is 1.84 bits per heavy atom. The number of amides is 2. The van der Waals surface area contributed by atoms with Crippen LogP contribution in [0, 0.1) is 10.1 Å². The van der Waals surface area contributed by atoms with Gasteiger partial charge in [0.15, 0.2) is 18.2 Å².